The minimum absolute atomic E-state index is 0.0143. The van der Waals surface area contributed by atoms with Gasteiger partial charge in [0.15, 0.2) is 0 Å². The normalized spacial score (nSPS) is 15.8. The van der Waals surface area contributed by atoms with Crippen LogP contribution in [0.3, 0.4) is 0 Å². The van der Waals surface area contributed by atoms with Crippen LogP contribution >= 0.6 is 0 Å². The van der Waals surface area contributed by atoms with Crippen LogP contribution < -0.4 is 10.1 Å². The third kappa shape index (κ3) is 4.74. The molecule has 0 spiro atoms. The van der Waals surface area contributed by atoms with Gasteiger partial charge in [0, 0.05) is 18.9 Å². The average Bonchev–Trinajstić information content (AvgIpc) is 3.26. The number of aromatic nitrogens is 3. The number of anilines is 2. The third-order valence-electron chi connectivity index (χ3n) is 5.17. The van der Waals surface area contributed by atoms with Crippen LogP contribution in [0.4, 0.5) is 11.6 Å². The van der Waals surface area contributed by atoms with E-state index in [1.165, 1.54) is 0 Å². The number of rotatable bonds is 7. The summed E-state index contributed by atoms with van der Waals surface area (Å²) < 4.78 is 5.81. The second kappa shape index (κ2) is 9.35. The number of hydrogen-bond donors (Lipinski definition) is 1. The lowest BCUT2D eigenvalue weighted by molar-refractivity contribution is -0.132. The van der Waals surface area contributed by atoms with Crippen LogP contribution in [-0.2, 0) is 4.79 Å². The van der Waals surface area contributed by atoms with E-state index in [0.717, 1.165) is 36.4 Å². The average molecular weight is 403 g/mol. The number of carbonyl (C=O) groups excluding carboxylic acids is 1. The second-order valence-electron chi connectivity index (χ2n) is 7.27. The molecule has 1 saturated heterocycles. The molecule has 1 unspecified atom stereocenters. The summed E-state index contributed by atoms with van der Waals surface area (Å²) in [5.74, 6) is 2.25. The first-order valence-electron chi connectivity index (χ1n) is 10.2. The number of nitrogens with one attached hydrogen (secondary N) is 1. The van der Waals surface area contributed by atoms with Crippen molar-refractivity contribution in [2.24, 2.45) is 0 Å². The maximum atomic E-state index is 12.9. The molecule has 3 aromatic rings. The largest absolute Gasteiger partial charge is 0.493 e. The quantitative estimate of drug-likeness (QED) is 0.641. The molecule has 1 fully saturated rings. The minimum atomic E-state index is -0.0143. The smallest absolute Gasteiger partial charge is 0.226 e. The lowest BCUT2D eigenvalue weighted by Gasteiger charge is -2.25. The van der Waals surface area contributed by atoms with Crippen LogP contribution in [0.25, 0.3) is 0 Å². The van der Waals surface area contributed by atoms with Crippen LogP contribution in [0.15, 0.2) is 61.1 Å². The molecule has 0 saturated carbocycles. The molecular weight excluding hydrogens is 378 g/mol. The molecule has 154 valence electrons. The molecule has 1 atom stereocenters. The van der Waals surface area contributed by atoms with Crippen LogP contribution in [0, 0.1) is 6.92 Å². The Balaban J connectivity index is 1.39. The van der Waals surface area contributed by atoms with E-state index in [1.807, 2.05) is 54.3 Å². The summed E-state index contributed by atoms with van der Waals surface area (Å²) in [7, 11) is 0. The molecule has 1 aromatic carbocycles. The van der Waals surface area contributed by atoms with E-state index in [9.17, 15) is 4.79 Å². The highest BCUT2D eigenvalue weighted by atomic mass is 16.5. The first-order chi connectivity index (χ1) is 14.7. The Hall–Kier alpha value is -3.48. The number of carbonyl (C=O) groups is 1. The second-order valence-corrected chi connectivity index (χ2v) is 7.27. The van der Waals surface area contributed by atoms with Gasteiger partial charge in [-0.1, -0.05) is 24.3 Å². The zero-order chi connectivity index (χ0) is 20.8. The number of ether oxygens (including phenoxy) is 1. The number of aryl methyl sites for hydroxylation is 1. The van der Waals surface area contributed by atoms with E-state index in [0.29, 0.717) is 24.7 Å². The van der Waals surface area contributed by atoms with Gasteiger partial charge in [-0.2, -0.15) is 0 Å². The van der Waals surface area contributed by atoms with Crippen molar-refractivity contribution in [3.05, 3.63) is 72.3 Å². The number of para-hydroxylation sites is 1. The van der Waals surface area contributed by atoms with Gasteiger partial charge in [-0.05, 0) is 43.5 Å². The summed E-state index contributed by atoms with van der Waals surface area (Å²) in [6.07, 6.45) is 7.13. The van der Waals surface area contributed by atoms with E-state index < -0.39 is 0 Å². The Kier molecular flexibility index (Phi) is 6.17. The first-order valence-corrected chi connectivity index (χ1v) is 10.2. The van der Waals surface area contributed by atoms with Crippen molar-refractivity contribution in [2.45, 2.75) is 32.2 Å². The number of amides is 1. The Morgan fingerprint density at radius 1 is 1.17 bits per heavy atom. The van der Waals surface area contributed by atoms with E-state index >= 15 is 0 Å². The van der Waals surface area contributed by atoms with Crippen LogP contribution in [0.5, 0.6) is 5.75 Å². The maximum Gasteiger partial charge on any atom is 0.226 e. The molecule has 2 aromatic heterocycles. The fourth-order valence-corrected chi connectivity index (χ4v) is 3.68. The van der Waals surface area contributed by atoms with Crippen molar-refractivity contribution in [2.75, 3.05) is 18.5 Å². The highest BCUT2D eigenvalue weighted by Gasteiger charge is 2.30. The molecule has 1 N–H and O–H groups in total. The van der Waals surface area contributed by atoms with E-state index in [2.05, 4.69) is 15.3 Å². The molecule has 30 heavy (non-hydrogen) atoms. The van der Waals surface area contributed by atoms with E-state index in [4.69, 9.17) is 9.72 Å². The highest BCUT2D eigenvalue weighted by molar-refractivity contribution is 5.77. The standard InChI is InChI=1S/C23H25N5O2/c1-17-6-2-3-9-20(17)30-15-11-23(29)28-14-5-8-19(28)18-7-4-10-21(26-18)27-22-16-24-12-13-25-22/h2-4,6-7,9-10,12-13,16,19H,5,8,11,14-15H2,1H3,(H,25,26,27). The molecule has 3 heterocycles. The summed E-state index contributed by atoms with van der Waals surface area (Å²) >= 11 is 0. The van der Waals surface area contributed by atoms with Gasteiger partial charge < -0.3 is 15.0 Å². The van der Waals surface area contributed by atoms with Gasteiger partial charge in [0.05, 0.1) is 31.0 Å². The fourth-order valence-electron chi connectivity index (χ4n) is 3.68. The number of hydrogen-bond acceptors (Lipinski definition) is 6. The van der Waals surface area contributed by atoms with Crippen molar-refractivity contribution >= 4 is 17.5 Å². The van der Waals surface area contributed by atoms with Crippen molar-refractivity contribution < 1.29 is 9.53 Å². The Bertz CT molecular complexity index is 996. The highest BCUT2D eigenvalue weighted by Crippen LogP contribution is 2.32. The van der Waals surface area contributed by atoms with E-state index in [-0.39, 0.29) is 11.9 Å². The molecule has 7 heteroatoms. The topological polar surface area (TPSA) is 80.2 Å². The van der Waals surface area contributed by atoms with Gasteiger partial charge in [-0.3, -0.25) is 9.78 Å². The van der Waals surface area contributed by atoms with E-state index in [1.54, 1.807) is 18.6 Å². The summed E-state index contributed by atoms with van der Waals surface area (Å²) in [6.45, 7) is 3.12. The summed E-state index contributed by atoms with van der Waals surface area (Å²) in [4.78, 5) is 27.8. The number of likely N-dealkylation sites (tertiary alicyclic amines) is 1. The molecule has 1 aliphatic rings. The monoisotopic (exact) mass is 403 g/mol. The van der Waals surface area contributed by atoms with Crippen molar-refractivity contribution in [3.63, 3.8) is 0 Å². The van der Waals surface area contributed by atoms with Crippen LogP contribution in [-0.4, -0.2) is 38.9 Å². The molecular formula is C23H25N5O2. The first kappa shape index (κ1) is 19.8. The van der Waals surface area contributed by atoms with Gasteiger partial charge in [-0.15, -0.1) is 0 Å². The number of pyridine rings is 1. The minimum Gasteiger partial charge on any atom is -0.493 e. The molecule has 0 bridgehead atoms. The maximum absolute atomic E-state index is 12.9. The molecule has 4 rings (SSSR count). The molecule has 0 radical (unpaired) electrons. The number of nitrogens with zero attached hydrogens (tertiary/aromatic N) is 4. The predicted octanol–water partition coefficient (Wildman–Crippen LogP) is 4.06. The SMILES string of the molecule is Cc1ccccc1OCCC(=O)N1CCCC1c1cccc(Nc2cnccn2)n1. The molecule has 0 aliphatic carbocycles. The Morgan fingerprint density at radius 2 is 2.07 bits per heavy atom. The van der Waals surface area contributed by atoms with Crippen molar-refractivity contribution in [1.82, 2.24) is 19.9 Å². The summed E-state index contributed by atoms with van der Waals surface area (Å²) in [6, 6.07) is 13.6. The molecule has 7 nitrogen and oxygen atoms in total. The van der Waals surface area contributed by atoms with Gasteiger partial charge in [0.2, 0.25) is 5.91 Å². The zero-order valence-corrected chi connectivity index (χ0v) is 17.0. The molecule has 1 amide bonds. The molecule has 1 aliphatic heterocycles. The zero-order valence-electron chi connectivity index (χ0n) is 17.0. The lowest BCUT2D eigenvalue weighted by Crippen LogP contribution is -2.32. The van der Waals surface area contributed by atoms with Crippen LogP contribution in [0.1, 0.15) is 36.6 Å². The number of benzene rings is 1. The third-order valence-corrected chi connectivity index (χ3v) is 5.17. The van der Waals surface area contributed by atoms with Gasteiger partial charge in [0.25, 0.3) is 0 Å². The Morgan fingerprint density at radius 3 is 2.90 bits per heavy atom. The van der Waals surface area contributed by atoms with Gasteiger partial charge in [-0.25, -0.2) is 9.97 Å². The van der Waals surface area contributed by atoms with Crippen molar-refractivity contribution in [1.29, 1.82) is 0 Å². The lowest BCUT2D eigenvalue weighted by atomic mass is 10.1. The Labute approximate surface area is 176 Å². The fraction of sp³-hybridized carbons (Fsp3) is 0.304. The predicted molar refractivity (Wildman–Crippen MR) is 115 cm³/mol. The van der Waals surface area contributed by atoms with Crippen molar-refractivity contribution in [3.8, 4) is 5.75 Å². The summed E-state index contributed by atoms with van der Waals surface area (Å²) in [5.41, 5.74) is 1.95. The van der Waals surface area contributed by atoms with Gasteiger partial charge >= 0.3 is 0 Å². The van der Waals surface area contributed by atoms with Gasteiger partial charge in [0.1, 0.15) is 17.4 Å². The van der Waals surface area contributed by atoms with Crippen LogP contribution in [0.2, 0.25) is 0 Å². The summed E-state index contributed by atoms with van der Waals surface area (Å²) in [5, 5.41) is 3.16.